The van der Waals surface area contributed by atoms with Gasteiger partial charge in [0, 0.05) is 19.2 Å². The van der Waals surface area contributed by atoms with E-state index < -0.39 is 5.82 Å². The van der Waals surface area contributed by atoms with Crippen molar-refractivity contribution in [2.45, 2.75) is 6.54 Å². The monoisotopic (exact) mass is 361 g/mol. The van der Waals surface area contributed by atoms with Crippen LogP contribution in [0.25, 0.3) is 10.8 Å². The minimum Gasteiger partial charge on any atom is -0.418 e. The second-order valence-corrected chi connectivity index (χ2v) is 6.15. The number of methoxy groups -OCH3 is 1. The molecule has 1 amide bonds. The van der Waals surface area contributed by atoms with Crippen LogP contribution in [0.5, 0.6) is 0 Å². The summed E-state index contributed by atoms with van der Waals surface area (Å²) in [5.41, 5.74) is 0.385. The summed E-state index contributed by atoms with van der Waals surface area (Å²) in [5, 5.41) is 9.93. The van der Waals surface area contributed by atoms with Crippen molar-refractivity contribution < 1.29 is 18.3 Å². The van der Waals surface area contributed by atoms with Gasteiger partial charge >= 0.3 is 0 Å². The zero-order valence-corrected chi connectivity index (χ0v) is 14.3. The highest BCUT2D eigenvalue weighted by atomic mass is 32.1. The van der Waals surface area contributed by atoms with E-state index in [1.54, 1.807) is 7.11 Å². The molecule has 25 heavy (non-hydrogen) atoms. The van der Waals surface area contributed by atoms with Crippen LogP contribution >= 0.6 is 11.3 Å². The first-order valence-corrected chi connectivity index (χ1v) is 8.45. The van der Waals surface area contributed by atoms with Gasteiger partial charge in [-0.15, -0.1) is 21.5 Å². The number of amides is 1. The minimum absolute atomic E-state index is 0.151. The Morgan fingerprint density at radius 2 is 2.08 bits per heavy atom. The lowest BCUT2D eigenvalue weighted by Gasteiger charge is -2.20. The third kappa shape index (κ3) is 4.28. The molecule has 0 spiro atoms. The Labute approximate surface area is 147 Å². The maximum absolute atomic E-state index is 13.1. The number of thiophene rings is 1. The van der Waals surface area contributed by atoms with Crippen LogP contribution in [0.15, 0.2) is 46.2 Å². The number of nitrogens with zero attached hydrogens (tertiary/aromatic N) is 3. The maximum atomic E-state index is 13.1. The number of aromatic nitrogens is 2. The van der Waals surface area contributed by atoms with E-state index >= 15 is 0 Å². The zero-order chi connectivity index (χ0) is 17.6. The van der Waals surface area contributed by atoms with Gasteiger partial charge in [-0.3, -0.25) is 4.79 Å². The molecule has 2 heterocycles. The fourth-order valence-corrected chi connectivity index (χ4v) is 2.85. The van der Waals surface area contributed by atoms with Crippen molar-refractivity contribution >= 4 is 17.2 Å². The lowest BCUT2D eigenvalue weighted by Crippen LogP contribution is -2.33. The third-order valence-electron chi connectivity index (χ3n) is 3.47. The Balaban J connectivity index is 1.76. The van der Waals surface area contributed by atoms with Gasteiger partial charge in [0.25, 0.3) is 11.8 Å². The number of hydrogen-bond donors (Lipinski definition) is 0. The van der Waals surface area contributed by atoms with Crippen LogP contribution in [0.2, 0.25) is 0 Å². The number of halogens is 1. The van der Waals surface area contributed by atoms with E-state index in [4.69, 9.17) is 9.15 Å². The van der Waals surface area contributed by atoms with Gasteiger partial charge in [-0.1, -0.05) is 6.07 Å². The van der Waals surface area contributed by atoms with Crippen LogP contribution in [-0.2, 0) is 11.3 Å². The number of carbonyl (C=O) groups is 1. The van der Waals surface area contributed by atoms with Crippen LogP contribution in [0.1, 0.15) is 16.2 Å². The average molecular weight is 361 g/mol. The molecule has 0 bridgehead atoms. The zero-order valence-electron chi connectivity index (χ0n) is 13.5. The third-order valence-corrected chi connectivity index (χ3v) is 4.33. The SMILES string of the molecule is COCCN(Cc1nnc(-c2cccs2)o1)C(=O)c1ccc(F)cc1. The molecule has 0 N–H and O–H groups in total. The second-order valence-electron chi connectivity index (χ2n) is 5.20. The minimum atomic E-state index is -0.391. The van der Waals surface area contributed by atoms with Gasteiger partial charge in [0.2, 0.25) is 5.89 Å². The highest BCUT2D eigenvalue weighted by Crippen LogP contribution is 2.23. The first-order valence-electron chi connectivity index (χ1n) is 7.57. The molecule has 8 heteroatoms. The molecule has 0 saturated carbocycles. The predicted molar refractivity (Wildman–Crippen MR) is 90.6 cm³/mol. The number of rotatable bonds is 7. The molecule has 0 fully saturated rings. The van der Waals surface area contributed by atoms with Gasteiger partial charge < -0.3 is 14.1 Å². The van der Waals surface area contributed by atoms with Gasteiger partial charge in [0.1, 0.15) is 5.82 Å². The van der Waals surface area contributed by atoms with Gasteiger partial charge in [-0.25, -0.2) is 4.39 Å². The van der Waals surface area contributed by atoms with E-state index in [2.05, 4.69) is 10.2 Å². The second kappa shape index (κ2) is 8.00. The lowest BCUT2D eigenvalue weighted by atomic mass is 10.2. The molecular weight excluding hydrogens is 345 g/mol. The van der Waals surface area contributed by atoms with Crippen LogP contribution in [-0.4, -0.2) is 41.3 Å². The topological polar surface area (TPSA) is 68.5 Å². The Hall–Kier alpha value is -2.58. The van der Waals surface area contributed by atoms with E-state index in [-0.39, 0.29) is 12.5 Å². The van der Waals surface area contributed by atoms with E-state index in [9.17, 15) is 9.18 Å². The first kappa shape index (κ1) is 17.2. The summed E-state index contributed by atoms with van der Waals surface area (Å²) in [7, 11) is 1.56. The molecule has 0 unspecified atom stereocenters. The van der Waals surface area contributed by atoms with Gasteiger partial charge in [-0.2, -0.15) is 0 Å². The fourth-order valence-electron chi connectivity index (χ4n) is 2.21. The molecule has 1 aromatic carbocycles. The fraction of sp³-hybridized carbons (Fsp3) is 0.235. The highest BCUT2D eigenvalue weighted by molar-refractivity contribution is 7.13. The first-order chi connectivity index (χ1) is 12.2. The number of hydrogen-bond acceptors (Lipinski definition) is 6. The van der Waals surface area contributed by atoms with Crippen molar-refractivity contribution in [1.29, 1.82) is 0 Å². The summed E-state index contributed by atoms with van der Waals surface area (Å²) < 4.78 is 23.8. The summed E-state index contributed by atoms with van der Waals surface area (Å²) in [6.07, 6.45) is 0. The summed E-state index contributed by atoms with van der Waals surface area (Å²) in [5.74, 6) is 0.103. The Kier molecular flexibility index (Phi) is 5.52. The molecule has 3 aromatic rings. The van der Waals surface area contributed by atoms with E-state index in [1.165, 1.54) is 40.5 Å². The van der Waals surface area contributed by atoms with Gasteiger partial charge in [0.15, 0.2) is 0 Å². The standard InChI is InChI=1S/C17H16FN3O3S/c1-23-9-8-21(17(22)12-4-6-13(18)7-5-12)11-15-19-20-16(24-15)14-3-2-10-25-14/h2-7,10H,8-9,11H2,1H3. The van der Waals surface area contributed by atoms with Gasteiger partial charge in [-0.05, 0) is 35.7 Å². The summed E-state index contributed by atoms with van der Waals surface area (Å²) >= 11 is 1.49. The van der Waals surface area contributed by atoms with Crippen molar-refractivity contribution in [3.63, 3.8) is 0 Å². The van der Waals surface area contributed by atoms with Crippen molar-refractivity contribution in [2.24, 2.45) is 0 Å². The number of carbonyl (C=O) groups excluding carboxylic acids is 1. The predicted octanol–water partition coefficient (Wildman–Crippen LogP) is 3.23. The molecular formula is C17H16FN3O3S. The Bertz CT molecular complexity index is 818. The number of ether oxygens (including phenoxy) is 1. The van der Waals surface area contributed by atoms with Crippen LogP contribution in [0, 0.1) is 5.82 Å². The average Bonchev–Trinajstić information content (AvgIpc) is 3.30. The Morgan fingerprint density at radius 3 is 2.76 bits per heavy atom. The van der Waals surface area contributed by atoms with E-state index in [0.717, 1.165) is 4.88 Å². The maximum Gasteiger partial charge on any atom is 0.257 e. The summed E-state index contributed by atoms with van der Waals surface area (Å²) in [6.45, 7) is 0.861. The highest BCUT2D eigenvalue weighted by Gasteiger charge is 2.19. The molecule has 130 valence electrons. The molecule has 0 aliphatic heterocycles. The lowest BCUT2D eigenvalue weighted by molar-refractivity contribution is 0.0663. The quantitative estimate of drug-likeness (QED) is 0.646. The summed E-state index contributed by atoms with van der Waals surface area (Å²) in [6, 6.07) is 9.18. The van der Waals surface area contributed by atoms with Crippen molar-refractivity contribution in [1.82, 2.24) is 15.1 Å². The molecule has 0 radical (unpaired) electrons. The number of benzene rings is 1. The Morgan fingerprint density at radius 1 is 1.28 bits per heavy atom. The van der Waals surface area contributed by atoms with E-state index in [0.29, 0.717) is 30.5 Å². The van der Waals surface area contributed by atoms with E-state index in [1.807, 2.05) is 17.5 Å². The van der Waals surface area contributed by atoms with Crippen LogP contribution in [0.3, 0.4) is 0 Å². The largest absolute Gasteiger partial charge is 0.418 e. The molecule has 6 nitrogen and oxygen atoms in total. The summed E-state index contributed by atoms with van der Waals surface area (Å²) in [4.78, 5) is 15.1. The molecule has 0 aliphatic carbocycles. The van der Waals surface area contributed by atoms with Crippen molar-refractivity contribution in [3.05, 3.63) is 59.0 Å². The molecule has 0 saturated heterocycles. The molecule has 3 rings (SSSR count). The normalized spacial score (nSPS) is 10.8. The van der Waals surface area contributed by atoms with Crippen molar-refractivity contribution in [2.75, 3.05) is 20.3 Å². The van der Waals surface area contributed by atoms with Crippen molar-refractivity contribution in [3.8, 4) is 10.8 Å². The van der Waals surface area contributed by atoms with Crippen LogP contribution < -0.4 is 0 Å². The molecule has 2 aromatic heterocycles. The van der Waals surface area contributed by atoms with Gasteiger partial charge in [0.05, 0.1) is 18.0 Å². The molecule has 0 aliphatic rings. The smallest absolute Gasteiger partial charge is 0.257 e. The van der Waals surface area contributed by atoms with Crippen LogP contribution in [0.4, 0.5) is 4.39 Å². The molecule has 0 atom stereocenters.